The Balaban J connectivity index is 1.34. The SMILES string of the molecule is COc1ccc2nc(CCCc3cc[n+](Cc4c(F)cccc4F)cc3)sc2c1. The van der Waals surface area contributed by atoms with Crippen molar-refractivity contribution < 1.29 is 18.1 Å². The van der Waals surface area contributed by atoms with Gasteiger partial charge in [-0.1, -0.05) is 6.07 Å². The Kier molecular flexibility index (Phi) is 5.81. The van der Waals surface area contributed by atoms with Gasteiger partial charge in [-0.2, -0.15) is 0 Å². The van der Waals surface area contributed by atoms with Gasteiger partial charge in [0.2, 0.25) is 0 Å². The highest BCUT2D eigenvalue weighted by molar-refractivity contribution is 7.18. The zero-order valence-electron chi connectivity index (χ0n) is 16.1. The molecule has 148 valence electrons. The van der Waals surface area contributed by atoms with Crippen molar-refractivity contribution in [3.63, 3.8) is 0 Å². The molecule has 4 aromatic rings. The van der Waals surface area contributed by atoms with Crippen molar-refractivity contribution in [2.24, 2.45) is 0 Å². The fourth-order valence-corrected chi connectivity index (χ4v) is 4.29. The van der Waals surface area contributed by atoms with Crippen molar-refractivity contribution in [3.05, 3.63) is 88.7 Å². The first-order chi connectivity index (χ1) is 14.1. The van der Waals surface area contributed by atoms with Gasteiger partial charge in [0.05, 0.1) is 27.9 Å². The third-order valence-electron chi connectivity index (χ3n) is 4.86. The maximum absolute atomic E-state index is 13.8. The Morgan fingerprint density at radius 2 is 1.76 bits per heavy atom. The molecular formula is C23H21F2N2OS+. The molecule has 2 aromatic carbocycles. The van der Waals surface area contributed by atoms with E-state index in [1.165, 1.54) is 23.8 Å². The summed E-state index contributed by atoms with van der Waals surface area (Å²) in [5, 5.41) is 1.12. The minimum Gasteiger partial charge on any atom is -0.497 e. The molecule has 0 saturated heterocycles. The lowest BCUT2D eigenvalue weighted by molar-refractivity contribution is -0.688. The molecular weight excluding hydrogens is 390 g/mol. The summed E-state index contributed by atoms with van der Waals surface area (Å²) < 4.78 is 35.8. The molecule has 0 radical (unpaired) electrons. The quantitative estimate of drug-likeness (QED) is 0.396. The Hall–Kier alpha value is -2.86. The van der Waals surface area contributed by atoms with Crippen LogP contribution in [-0.4, -0.2) is 12.1 Å². The molecule has 0 aliphatic heterocycles. The number of hydrogen-bond donors (Lipinski definition) is 0. The second-order valence-electron chi connectivity index (χ2n) is 6.87. The number of hydrogen-bond acceptors (Lipinski definition) is 3. The van der Waals surface area contributed by atoms with E-state index < -0.39 is 11.6 Å². The summed E-state index contributed by atoms with van der Waals surface area (Å²) in [6, 6.07) is 13.9. The number of halogens is 2. The molecule has 0 N–H and O–H groups in total. The van der Waals surface area contributed by atoms with Crippen LogP contribution in [0.15, 0.2) is 60.9 Å². The summed E-state index contributed by atoms with van der Waals surface area (Å²) in [5.41, 5.74) is 2.28. The van der Waals surface area contributed by atoms with Crippen molar-refractivity contribution in [2.75, 3.05) is 7.11 Å². The van der Waals surface area contributed by atoms with Crippen LogP contribution < -0.4 is 9.30 Å². The number of pyridine rings is 1. The number of nitrogens with zero attached hydrogens (tertiary/aromatic N) is 2. The van der Waals surface area contributed by atoms with E-state index in [-0.39, 0.29) is 12.1 Å². The van der Waals surface area contributed by atoms with E-state index in [0.29, 0.717) is 0 Å². The van der Waals surface area contributed by atoms with E-state index >= 15 is 0 Å². The van der Waals surface area contributed by atoms with Crippen LogP contribution in [0.25, 0.3) is 10.2 Å². The van der Waals surface area contributed by atoms with Gasteiger partial charge in [0.15, 0.2) is 18.9 Å². The highest BCUT2D eigenvalue weighted by Crippen LogP contribution is 2.27. The lowest BCUT2D eigenvalue weighted by Crippen LogP contribution is -2.34. The molecule has 0 fully saturated rings. The largest absolute Gasteiger partial charge is 0.497 e. The number of benzene rings is 2. The van der Waals surface area contributed by atoms with Crippen LogP contribution in [0.2, 0.25) is 0 Å². The van der Waals surface area contributed by atoms with Crippen molar-refractivity contribution in [3.8, 4) is 5.75 Å². The molecule has 2 heterocycles. The molecule has 0 aliphatic rings. The van der Waals surface area contributed by atoms with E-state index in [9.17, 15) is 8.78 Å². The Labute approximate surface area is 172 Å². The number of methoxy groups -OCH3 is 1. The Bertz CT molecular complexity index is 1110. The first kappa shape index (κ1) is 19.5. The number of aromatic nitrogens is 2. The molecule has 4 rings (SSSR count). The van der Waals surface area contributed by atoms with Gasteiger partial charge in [-0.15, -0.1) is 11.3 Å². The van der Waals surface area contributed by atoms with E-state index in [0.717, 1.165) is 40.2 Å². The Morgan fingerprint density at radius 3 is 2.48 bits per heavy atom. The number of rotatable bonds is 7. The van der Waals surface area contributed by atoms with Crippen LogP contribution in [-0.2, 0) is 19.4 Å². The second-order valence-corrected chi connectivity index (χ2v) is 7.99. The van der Waals surface area contributed by atoms with Crippen molar-refractivity contribution in [1.82, 2.24) is 4.98 Å². The average Bonchev–Trinajstić information content (AvgIpc) is 3.14. The van der Waals surface area contributed by atoms with Crippen LogP contribution in [0.4, 0.5) is 8.78 Å². The first-order valence-electron chi connectivity index (χ1n) is 9.47. The summed E-state index contributed by atoms with van der Waals surface area (Å²) in [6.07, 6.45) is 6.56. The molecule has 0 unspecified atom stereocenters. The van der Waals surface area contributed by atoms with Crippen LogP contribution in [0.1, 0.15) is 22.6 Å². The molecule has 0 spiro atoms. The van der Waals surface area contributed by atoms with Gasteiger partial charge < -0.3 is 4.74 Å². The fraction of sp³-hybridized carbons (Fsp3) is 0.217. The zero-order chi connectivity index (χ0) is 20.2. The molecule has 0 aliphatic carbocycles. The predicted molar refractivity (Wildman–Crippen MR) is 110 cm³/mol. The van der Waals surface area contributed by atoms with Gasteiger partial charge in [-0.25, -0.2) is 18.3 Å². The van der Waals surface area contributed by atoms with Gasteiger partial charge in [-0.3, -0.25) is 0 Å². The molecule has 0 bridgehead atoms. The van der Waals surface area contributed by atoms with Crippen LogP contribution in [0.5, 0.6) is 5.75 Å². The topological polar surface area (TPSA) is 26.0 Å². The third kappa shape index (κ3) is 4.59. The summed E-state index contributed by atoms with van der Waals surface area (Å²) in [4.78, 5) is 4.68. The van der Waals surface area contributed by atoms with Crippen molar-refractivity contribution in [2.45, 2.75) is 25.8 Å². The van der Waals surface area contributed by atoms with Gasteiger partial charge >= 0.3 is 0 Å². The summed E-state index contributed by atoms with van der Waals surface area (Å²) in [5.74, 6) is -0.189. The monoisotopic (exact) mass is 411 g/mol. The van der Waals surface area contributed by atoms with Crippen molar-refractivity contribution >= 4 is 21.6 Å². The van der Waals surface area contributed by atoms with Gasteiger partial charge in [0.1, 0.15) is 17.4 Å². The molecule has 3 nitrogen and oxygen atoms in total. The lowest BCUT2D eigenvalue weighted by Gasteiger charge is -2.03. The molecule has 0 atom stereocenters. The van der Waals surface area contributed by atoms with Gasteiger partial charge in [0, 0.05) is 12.1 Å². The first-order valence-corrected chi connectivity index (χ1v) is 10.3. The zero-order valence-corrected chi connectivity index (χ0v) is 16.9. The third-order valence-corrected chi connectivity index (χ3v) is 5.94. The predicted octanol–water partition coefficient (Wildman–Crippen LogP) is 5.09. The number of thiazole rings is 1. The van der Waals surface area contributed by atoms with Crippen LogP contribution >= 0.6 is 11.3 Å². The lowest BCUT2D eigenvalue weighted by atomic mass is 10.1. The smallest absolute Gasteiger partial charge is 0.179 e. The van der Waals surface area contributed by atoms with Crippen LogP contribution in [0.3, 0.4) is 0 Å². The molecule has 0 amide bonds. The Morgan fingerprint density at radius 1 is 1.00 bits per heavy atom. The van der Waals surface area contributed by atoms with Crippen LogP contribution in [0, 0.1) is 11.6 Å². The molecule has 0 saturated carbocycles. The van der Waals surface area contributed by atoms with E-state index in [2.05, 4.69) is 4.98 Å². The van der Waals surface area contributed by atoms with Gasteiger partial charge in [0.25, 0.3) is 0 Å². The van der Waals surface area contributed by atoms with Gasteiger partial charge in [-0.05, 0) is 55.2 Å². The van der Waals surface area contributed by atoms with E-state index in [1.807, 2.05) is 42.7 Å². The minimum atomic E-state index is -0.518. The fourth-order valence-electron chi connectivity index (χ4n) is 3.26. The van der Waals surface area contributed by atoms with E-state index in [1.54, 1.807) is 23.0 Å². The summed E-state index contributed by atoms with van der Waals surface area (Å²) >= 11 is 1.70. The average molecular weight is 411 g/mol. The highest BCUT2D eigenvalue weighted by atomic mass is 32.1. The molecule has 2 aromatic heterocycles. The second kappa shape index (κ2) is 8.66. The standard InChI is InChI=1S/C23H21F2N2OS/c1-28-17-8-9-21-22(14-17)29-23(26-21)7-2-4-16-10-12-27(13-11-16)15-18-19(24)5-3-6-20(18)25/h3,5-6,8-14H,2,4,7,15H2,1H3/q+1. The summed E-state index contributed by atoms with van der Waals surface area (Å²) in [6.45, 7) is 0.175. The molecule has 6 heteroatoms. The number of aryl methyl sites for hydroxylation is 2. The summed E-state index contributed by atoms with van der Waals surface area (Å²) in [7, 11) is 1.67. The number of fused-ring (bicyclic) bond motifs is 1. The maximum atomic E-state index is 13.8. The van der Waals surface area contributed by atoms with Crippen molar-refractivity contribution in [1.29, 1.82) is 0 Å². The number of ether oxygens (including phenoxy) is 1. The normalized spacial score (nSPS) is 11.1. The molecule has 29 heavy (non-hydrogen) atoms. The maximum Gasteiger partial charge on any atom is 0.179 e. The minimum absolute atomic E-state index is 0.0812. The van der Waals surface area contributed by atoms with E-state index in [4.69, 9.17) is 4.74 Å². The highest BCUT2D eigenvalue weighted by Gasteiger charge is 2.13.